The molecule has 0 radical (unpaired) electrons. The van der Waals surface area contributed by atoms with Gasteiger partial charge in [0.05, 0.1) is 12.6 Å². The van der Waals surface area contributed by atoms with E-state index in [0.717, 1.165) is 36.1 Å². The number of amides is 1. The number of aryl methyl sites for hydroxylation is 1. The third kappa shape index (κ3) is 2.97. The van der Waals surface area contributed by atoms with Gasteiger partial charge in [-0.15, -0.1) is 0 Å². The standard InChI is InChI=1S/C16H19N3O2/c20-10-12(9-11-5-2-1-3-6-11)17-16(21)15-13-7-4-8-14(13)18-19-15/h1-3,5-6,12,20H,4,7-10H2,(H,17,21)(H,18,19). The van der Waals surface area contributed by atoms with Crippen LogP contribution < -0.4 is 5.32 Å². The molecule has 3 rings (SSSR count). The van der Waals surface area contributed by atoms with Crippen molar-refractivity contribution in [2.24, 2.45) is 0 Å². The van der Waals surface area contributed by atoms with E-state index in [1.54, 1.807) is 0 Å². The molecule has 1 heterocycles. The number of aliphatic hydroxyl groups is 1. The average Bonchev–Trinajstić information content (AvgIpc) is 3.10. The summed E-state index contributed by atoms with van der Waals surface area (Å²) in [5.74, 6) is -0.204. The second kappa shape index (κ2) is 6.10. The molecule has 1 unspecified atom stereocenters. The molecule has 21 heavy (non-hydrogen) atoms. The molecule has 110 valence electrons. The van der Waals surface area contributed by atoms with Crippen molar-refractivity contribution in [3.05, 3.63) is 52.8 Å². The zero-order valence-corrected chi connectivity index (χ0v) is 11.8. The van der Waals surface area contributed by atoms with Crippen LogP contribution in [0.25, 0.3) is 0 Å². The van der Waals surface area contributed by atoms with Crippen molar-refractivity contribution >= 4 is 5.91 Å². The number of H-pyrrole nitrogens is 1. The van der Waals surface area contributed by atoms with E-state index in [-0.39, 0.29) is 18.6 Å². The Hall–Kier alpha value is -2.14. The Morgan fingerprint density at radius 3 is 2.90 bits per heavy atom. The number of rotatable bonds is 5. The molecule has 0 spiro atoms. The van der Waals surface area contributed by atoms with Crippen LogP contribution in [0.1, 0.15) is 33.7 Å². The van der Waals surface area contributed by atoms with Gasteiger partial charge in [-0.05, 0) is 31.2 Å². The van der Waals surface area contributed by atoms with E-state index in [2.05, 4.69) is 15.5 Å². The summed E-state index contributed by atoms with van der Waals surface area (Å²) in [4.78, 5) is 12.3. The minimum atomic E-state index is -0.298. The van der Waals surface area contributed by atoms with Crippen LogP contribution in [-0.4, -0.2) is 33.9 Å². The van der Waals surface area contributed by atoms with E-state index >= 15 is 0 Å². The zero-order chi connectivity index (χ0) is 14.7. The lowest BCUT2D eigenvalue weighted by atomic mass is 10.1. The Bertz CT molecular complexity index is 622. The first-order valence-corrected chi connectivity index (χ1v) is 7.29. The maximum absolute atomic E-state index is 12.3. The van der Waals surface area contributed by atoms with Crippen LogP contribution in [0.5, 0.6) is 0 Å². The van der Waals surface area contributed by atoms with Crippen LogP contribution in [-0.2, 0) is 19.3 Å². The fraction of sp³-hybridized carbons (Fsp3) is 0.375. The highest BCUT2D eigenvalue weighted by atomic mass is 16.3. The van der Waals surface area contributed by atoms with Crippen LogP contribution in [0, 0.1) is 0 Å². The smallest absolute Gasteiger partial charge is 0.272 e. The van der Waals surface area contributed by atoms with Gasteiger partial charge in [-0.25, -0.2) is 0 Å². The lowest BCUT2D eigenvalue weighted by molar-refractivity contribution is 0.0910. The molecular formula is C16H19N3O2. The molecule has 5 nitrogen and oxygen atoms in total. The van der Waals surface area contributed by atoms with Crippen molar-refractivity contribution in [3.8, 4) is 0 Å². The minimum Gasteiger partial charge on any atom is -0.394 e. The first-order valence-electron chi connectivity index (χ1n) is 7.29. The number of aromatic amines is 1. The highest BCUT2D eigenvalue weighted by molar-refractivity contribution is 5.94. The maximum atomic E-state index is 12.3. The number of hydrogen-bond donors (Lipinski definition) is 3. The lowest BCUT2D eigenvalue weighted by Crippen LogP contribution is -2.39. The Kier molecular flexibility index (Phi) is 4.01. The van der Waals surface area contributed by atoms with Gasteiger partial charge in [-0.3, -0.25) is 9.89 Å². The second-order valence-electron chi connectivity index (χ2n) is 5.43. The van der Waals surface area contributed by atoms with Gasteiger partial charge in [0.25, 0.3) is 5.91 Å². The molecule has 1 aliphatic carbocycles. The van der Waals surface area contributed by atoms with E-state index in [4.69, 9.17) is 0 Å². The van der Waals surface area contributed by atoms with Crippen molar-refractivity contribution in [3.63, 3.8) is 0 Å². The normalized spacial score (nSPS) is 14.7. The van der Waals surface area contributed by atoms with Crippen LogP contribution in [0.3, 0.4) is 0 Å². The van der Waals surface area contributed by atoms with E-state index in [0.29, 0.717) is 12.1 Å². The Morgan fingerprint density at radius 2 is 2.14 bits per heavy atom. The Morgan fingerprint density at radius 1 is 1.33 bits per heavy atom. The van der Waals surface area contributed by atoms with Gasteiger partial charge in [0, 0.05) is 11.3 Å². The molecule has 1 aliphatic rings. The number of aromatic nitrogens is 2. The number of fused-ring (bicyclic) bond motifs is 1. The molecule has 3 N–H and O–H groups in total. The molecule has 5 heteroatoms. The summed E-state index contributed by atoms with van der Waals surface area (Å²) in [5.41, 5.74) is 3.67. The molecule has 0 saturated carbocycles. The van der Waals surface area contributed by atoms with Crippen molar-refractivity contribution in [2.75, 3.05) is 6.61 Å². The number of carbonyl (C=O) groups is 1. The van der Waals surface area contributed by atoms with E-state index in [1.165, 1.54) is 0 Å². The Labute approximate surface area is 123 Å². The second-order valence-corrected chi connectivity index (χ2v) is 5.43. The molecular weight excluding hydrogens is 266 g/mol. The first-order chi connectivity index (χ1) is 10.3. The van der Waals surface area contributed by atoms with E-state index < -0.39 is 0 Å². The highest BCUT2D eigenvalue weighted by Gasteiger charge is 2.24. The molecule has 0 aliphatic heterocycles. The summed E-state index contributed by atoms with van der Waals surface area (Å²) in [6.07, 6.45) is 3.53. The van der Waals surface area contributed by atoms with Gasteiger partial charge in [-0.1, -0.05) is 30.3 Å². The van der Waals surface area contributed by atoms with Gasteiger partial charge in [-0.2, -0.15) is 5.10 Å². The molecule has 1 aromatic carbocycles. The minimum absolute atomic E-state index is 0.0900. The monoisotopic (exact) mass is 285 g/mol. The van der Waals surface area contributed by atoms with E-state index in [1.807, 2.05) is 30.3 Å². The van der Waals surface area contributed by atoms with Gasteiger partial charge in [0.2, 0.25) is 0 Å². The van der Waals surface area contributed by atoms with Gasteiger partial charge >= 0.3 is 0 Å². The summed E-state index contributed by atoms with van der Waals surface area (Å²) >= 11 is 0. The number of aliphatic hydroxyl groups excluding tert-OH is 1. The van der Waals surface area contributed by atoms with Crippen LogP contribution in [0.15, 0.2) is 30.3 Å². The van der Waals surface area contributed by atoms with Crippen molar-refractivity contribution < 1.29 is 9.90 Å². The maximum Gasteiger partial charge on any atom is 0.272 e. The predicted octanol–water partition coefficient (Wildman–Crippen LogP) is 1.23. The number of benzene rings is 1. The molecule has 1 amide bonds. The predicted molar refractivity (Wildman–Crippen MR) is 79.1 cm³/mol. The molecule has 1 atom stereocenters. The number of carbonyl (C=O) groups excluding carboxylic acids is 1. The SMILES string of the molecule is O=C(NC(CO)Cc1ccccc1)c1n[nH]c2c1CCC2. The number of nitrogens with zero attached hydrogens (tertiary/aromatic N) is 1. The molecule has 0 fully saturated rings. The molecule has 0 saturated heterocycles. The fourth-order valence-corrected chi connectivity index (χ4v) is 2.82. The van der Waals surface area contributed by atoms with Gasteiger partial charge < -0.3 is 10.4 Å². The summed E-state index contributed by atoms with van der Waals surface area (Å²) in [6.45, 7) is -0.0900. The third-order valence-electron chi connectivity index (χ3n) is 3.90. The largest absolute Gasteiger partial charge is 0.394 e. The fourth-order valence-electron chi connectivity index (χ4n) is 2.82. The zero-order valence-electron chi connectivity index (χ0n) is 11.8. The summed E-state index contributed by atoms with van der Waals surface area (Å²) in [7, 11) is 0. The van der Waals surface area contributed by atoms with Gasteiger partial charge in [0.1, 0.15) is 0 Å². The Balaban J connectivity index is 1.67. The summed E-state index contributed by atoms with van der Waals surface area (Å²) in [6, 6.07) is 9.53. The highest BCUT2D eigenvalue weighted by Crippen LogP contribution is 2.22. The van der Waals surface area contributed by atoms with Crippen LogP contribution >= 0.6 is 0 Å². The number of nitrogens with one attached hydrogen (secondary N) is 2. The van der Waals surface area contributed by atoms with Crippen molar-refractivity contribution in [1.29, 1.82) is 0 Å². The van der Waals surface area contributed by atoms with E-state index in [9.17, 15) is 9.90 Å². The third-order valence-corrected chi connectivity index (χ3v) is 3.90. The van der Waals surface area contributed by atoms with Crippen LogP contribution in [0.2, 0.25) is 0 Å². The molecule has 0 bridgehead atoms. The first kappa shape index (κ1) is 13.8. The van der Waals surface area contributed by atoms with Crippen molar-refractivity contribution in [2.45, 2.75) is 31.7 Å². The molecule has 1 aromatic heterocycles. The quantitative estimate of drug-likeness (QED) is 0.773. The lowest BCUT2D eigenvalue weighted by Gasteiger charge is -2.16. The summed E-state index contributed by atoms with van der Waals surface area (Å²) < 4.78 is 0. The number of hydrogen-bond acceptors (Lipinski definition) is 3. The van der Waals surface area contributed by atoms with Crippen LogP contribution in [0.4, 0.5) is 0 Å². The molecule has 2 aromatic rings. The summed E-state index contributed by atoms with van der Waals surface area (Å²) in [5, 5.41) is 19.4. The van der Waals surface area contributed by atoms with Crippen molar-refractivity contribution in [1.82, 2.24) is 15.5 Å². The average molecular weight is 285 g/mol. The topological polar surface area (TPSA) is 78.0 Å². The van der Waals surface area contributed by atoms with Gasteiger partial charge in [0.15, 0.2) is 5.69 Å².